The zero-order chi connectivity index (χ0) is 14.8. The van der Waals surface area contributed by atoms with Crippen molar-refractivity contribution in [1.29, 1.82) is 0 Å². The number of carbonyl (C=O) groups is 2. The third-order valence-corrected chi connectivity index (χ3v) is 3.46. The van der Waals surface area contributed by atoms with Gasteiger partial charge in [0.05, 0.1) is 12.0 Å². The summed E-state index contributed by atoms with van der Waals surface area (Å²) in [6, 6.07) is 7.23. The van der Waals surface area contributed by atoms with Gasteiger partial charge in [-0.05, 0) is 19.4 Å². The number of carboxylic acids is 1. The number of aliphatic carboxylic acids is 1. The predicted octanol–water partition coefficient (Wildman–Crippen LogP) is 2.81. The van der Waals surface area contributed by atoms with Crippen LogP contribution in [0.2, 0.25) is 0 Å². The average Bonchev–Trinajstić information content (AvgIpc) is 2.81. The molecule has 1 aromatic carbocycles. The van der Waals surface area contributed by atoms with Gasteiger partial charge in [0.15, 0.2) is 0 Å². The number of carbonyl (C=O) groups excluding carboxylic acids is 1. The molecular formula is C15H17NO4. The summed E-state index contributed by atoms with van der Waals surface area (Å²) in [6.07, 6.45) is 1.81. The first-order chi connectivity index (χ1) is 9.45. The minimum atomic E-state index is -0.938. The molecule has 5 heteroatoms. The fraction of sp³-hybridized carbons (Fsp3) is 0.333. The molecule has 106 valence electrons. The molecule has 0 fully saturated rings. The average molecular weight is 275 g/mol. The van der Waals surface area contributed by atoms with Crippen LogP contribution in [0.4, 0.5) is 0 Å². The number of hydrogen-bond acceptors (Lipinski definition) is 3. The van der Waals surface area contributed by atoms with E-state index in [4.69, 9.17) is 9.52 Å². The van der Waals surface area contributed by atoms with Gasteiger partial charge in [-0.3, -0.25) is 9.59 Å². The third-order valence-electron chi connectivity index (χ3n) is 3.46. The number of fused-ring (bicyclic) bond motifs is 1. The van der Waals surface area contributed by atoms with Gasteiger partial charge in [0.2, 0.25) is 0 Å². The minimum absolute atomic E-state index is 0.120. The lowest BCUT2D eigenvalue weighted by atomic mass is 9.94. The van der Waals surface area contributed by atoms with Crippen molar-refractivity contribution in [2.24, 2.45) is 0 Å². The van der Waals surface area contributed by atoms with Crippen molar-refractivity contribution in [2.75, 3.05) is 0 Å². The minimum Gasteiger partial charge on any atom is -0.481 e. The summed E-state index contributed by atoms with van der Waals surface area (Å²) in [7, 11) is 0. The Morgan fingerprint density at radius 2 is 2.05 bits per heavy atom. The second-order valence-corrected chi connectivity index (χ2v) is 5.08. The summed E-state index contributed by atoms with van der Waals surface area (Å²) in [5, 5.41) is 12.4. The van der Waals surface area contributed by atoms with Crippen LogP contribution in [0.5, 0.6) is 0 Å². The van der Waals surface area contributed by atoms with Crippen LogP contribution in [0.15, 0.2) is 34.9 Å². The van der Waals surface area contributed by atoms with E-state index in [-0.39, 0.29) is 12.3 Å². The second kappa shape index (κ2) is 5.36. The van der Waals surface area contributed by atoms with Crippen molar-refractivity contribution >= 4 is 22.8 Å². The SMILES string of the molecule is CC[C@](C)(CC(=O)O)NC(=O)c1coc2ccccc12. The van der Waals surface area contributed by atoms with Crippen LogP contribution in [0.25, 0.3) is 11.0 Å². The molecule has 2 N–H and O–H groups in total. The Morgan fingerprint density at radius 3 is 2.70 bits per heavy atom. The topological polar surface area (TPSA) is 79.5 Å². The van der Waals surface area contributed by atoms with E-state index in [1.165, 1.54) is 6.26 Å². The van der Waals surface area contributed by atoms with Crippen LogP contribution in [0, 0.1) is 0 Å². The van der Waals surface area contributed by atoms with Gasteiger partial charge < -0.3 is 14.8 Å². The van der Waals surface area contributed by atoms with Crippen molar-refractivity contribution < 1.29 is 19.1 Å². The summed E-state index contributed by atoms with van der Waals surface area (Å²) < 4.78 is 5.32. The van der Waals surface area contributed by atoms with Crippen LogP contribution in [-0.4, -0.2) is 22.5 Å². The van der Waals surface area contributed by atoms with E-state index < -0.39 is 11.5 Å². The van der Waals surface area contributed by atoms with E-state index in [9.17, 15) is 9.59 Å². The number of rotatable bonds is 5. The fourth-order valence-corrected chi connectivity index (χ4v) is 2.09. The Morgan fingerprint density at radius 1 is 1.35 bits per heavy atom. The van der Waals surface area contributed by atoms with E-state index >= 15 is 0 Å². The molecule has 0 saturated carbocycles. The van der Waals surface area contributed by atoms with Crippen LogP contribution in [0.1, 0.15) is 37.0 Å². The van der Waals surface area contributed by atoms with Gasteiger partial charge in [0, 0.05) is 10.9 Å². The fourth-order valence-electron chi connectivity index (χ4n) is 2.09. The molecule has 1 atom stereocenters. The molecule has 20 heavy (non-hydrogen) atoms. The first-order valence-corrected chi connectivity index (χ1v) is 6.46. The highest BCUT2D eigenvalue weighted by molar-refractivity contribution is 6.06. The van der Waals surface area contributed by atoms with Gasteiger partial charge in [-0.15, -0.1) is 0 Å². The van der Waals surface area contributed by atoms with Gasteiger partial charge in [0.25, 0.3) is 5.91 Å². The highest BCUT2D eigenvalue weighted by Gasteiger charge is 2.28. The Hall–Kier alpha value is -2.30. The van der Waals surface area contributed by atoms with Gasteiger partial charge in [-0.2, -0.15) is 0 Å². The molecule has 0 bridgehead atoms. The Kier molecular flexibility index (Phi) is 3.79. The van der Waals surface area contributed by atoms with Crippen LogP contribution >= 0.6 is 0 Å². The Bertz CT molecular complexity index is 646. The summed E-state index contributed by atoms with van der Waals surface area (Å²) in [5.41, 5.74) is 0.279. The molecule has 1 heterocycles. The quantitative estimate of drug-likeness (QED) is 0.879. The second-order valence-electron chi connectivity index (χ2n) is 5.08. The molecule has 1 amide bonds. The Balaban J connectivity index is 2.25. The normalized spacial score (nSPS) is 13.9. The van der Waals surface area contributed by atoms with Crippen LogP contribution < -0.4 is 5.32 Å². The number of amides is 1. The summed E-state index contributed by atoms with van der Waals surface area (Å²) in [5.74, 6) is -1.26. The molecule has 0 radical (unpaired) electrons. The van der Waals surface area contributed by atoms with Gasteiger partial charge >= 0.3 is 5.97 Å². The molecule has 1 aromatic heterocycles. The van der Waals surface area contributed by atoms with Crippen molar-refractivity contribution in [1.82, 2.24) is 5.32 Å². The maximum absolute atomic E-state index is 12.3. The van der Waals surface area contributed by atoms with Crippen LogP contribution in [-0.2, 0) is 4.79 Å². The summed E-state index contributed by atoms with van der Waals surface area (Å²) in [4.78, 5) is 23.2. The highest BCUT2D eigenvalue weighted by Crippen LogP contribution is 2.22. The summed E-state index contributed by atoms with van der Waals surface area (Å²) >= 11 is 0. The Labute approximate surface area is 116 Å². The molecule has 0 aliphatic heterocycles. The lowest BCUT2D eigenvalue weighted by Gasteiger charge is -2.27. The molecular weight excluding hydrogens is 258 g/mol. The zero-order valence-electron chi connectivity index (χ0n) is 11.5. The lowest BCUT2D eigenvalue weighted by Crippen LogP contribution is -2.47. The van der Waals surface area contributed by atoms with Gasteiger partial charge in [0.1, 0.15) is 11.8 Å². The van der Waals surface area contributed by atoms with E-state index in [2.05, 4.69) is 5.32 Å². The van der Waals surface area contributed by atoms with E-state index in [0.717, 1.165) is 5.39 Å². The lowest BCUT2D eigenvalue weighted by molar-refractivity contribution is -0.138. The van der Waals surface area contributed by atoms with Crippen molar-refractivity contribution in [3.05, 3.63) is 36.1 Å². The molecule has 2 aromatic rings. The predicted molar refractivity (Wildman–Crippen MR) is 74.6 cm³/mol. The first-order valence-electron chi connectivity index (χ1n) is 6.46. The van der Waals surface area contributed by atoms with Gasteiger partial charge in [-0.1, -0.05) is 25.1 Å². The molecule has 0 unspecified atom stereocenters. The molecule has 5 nitrogen and oxygen atoms in total. The monoisotopic (exact) mass is 275 g/mol. The van der Waals surface area contributed by atoms with E-state index in [1.54, 1.807) is 19.1 Å². The van der Waals surface area contributed by atoms with E-state index in [1.807, 2.05) is 19.1 Å². The number of para-hydroxylation sites is 1. The molecule has 0 spiro atoms. The zero-order valence-corrected chi connectivity index (χ0v) is 11.5. The van der Waals surface area contributed by atoms with Crippen LogP contribution in [0.3, 0.4) is 0 Å². The largest absolute Gasteiger partial charge is 0.481 e. The maximum atomic E-state index is 12.3. The van der Waals surface area contributed by atoms with Crippen molar-refractivity contribution in [2.45, 2.75) is 32.2 Å². The maximum Gasteiger partial charge on any atom is 0.305 e. The molecule has 2 rings (SSSR count). The first kappa shape index (κ1) is 14.1. The third kappa shape index (κ3) is 2.82. The number of benzene rings is 1. The number of hydrogen-bond donors (Lipinski definition) is 2. The highest BCUT2D eigenvalue weighted by atomic mass is 16.4. The number of nitrogens with one attached hydrogen (secondary N) is 1. The summed E-state index contributed by atoms with van der Waals surface area (Å²) in [6.45, 7) is 3.57. The smallest absolute Gasteiger partial charge is 0.305 e. The molecule has 0 aliphatic carbocycles. The number of carboxylic acid groups (broad SMARTS) is 1. The molecule has 0 saturated heterocycles. The van der Waals surface area contributed by atoms with Crippen molar-refractivity contribution in [3.8, 4) is 0 Å². The molecule has 0 aliphatic rings. The van der Waals surface area contributed by atoms with E-state index in [0.29, 0.717) is 17.6 Å². The van der Waals surface area contributed by atoms with Crippen molar-refractivity contribution in [3.63, 3.8) is 0 Å². The standard InChI is InChI=1S/C15H17NO4/c1-3-15(2,8-13(17)18)16-14(19)11-9-20-12-7-5-4-6-10(11)12/h4-7,9H,3,8H2,1-2H3,(H,16,19)(H,17,18)/t15-/m1/s1. The number of furan rings is 1. The van der Waals surface area contributed by atoms with Gasteiger partial charge in [-0.25, -0.2) is 0 Å².